The normalized spacial score (nSPS) is 10.4. The molecule has 0 saturated carbocycles. The third kappa shape index (κ3) is 4.95. The van der Waals surface area contributed by atoms with Crippen LogP contribution in [0.4, 0.5) is 0 Å². The molecule has 0 bridgehead atoms. The number of hydrogen-bond donors (Lipinski definition) is 0. The predicted molar refractivity (Wildman–Crippen MR) is 85.0 cm³/mol. The fourth-order valence-electron chi connectivity index (χ4n) is 2.26. The van der Waals surface area contributed by atoms with Crippen LogP contribution in [-0.2, 0) is 32.3 Å². The number of rotatable bonds is 1. The zero-order valence-corrected chi connectivity index (χ0v) is 17.1. The average Bonchev–Trinajstić information content (AvgIpc) is 2.47. The quantitative estimate of drug-likeness (QED) is 0.411. The summed E-state index contributed by atoms with van der Waals surface area (Å²) in [6, 6.07) is 9.18. The van der Waals surface area contributed by atoms with Crippen LogP contribution in [0.2, 0.25) is 0 Å². The summed E-state index contributed by atoms with van der Waals surface area (Å²) in [6.45, 7) is 11.3. The van der Waals surface area contributed by atoms with E-state index in [-0.39, 0.29) is 40.7 Å². The van der Waals surface area contributed by atoms with Gasteiger partial charge in [0, 0.05) is 25.8 Å². The monoisotopic (exact) mass is 423 g/mol. The van der Waals surface area contributed by atoms with Crippen LogP contribution in [0, 0.1) is 34.1 Å². The van der Waals surface area contributed by atoms with Crippen molar-refractivity contribution in [3.63, 3.8) is 0 Å². The van der Waals surface area contributed by atoms with Gasteiger partial charge >= 0.3 is 0 Å². The number of aryl methyl sites for hydroxylation is 2. The fraction of sp³-hybridized carbons (Fsp3) is 0.389. The molecule has 0 aromatic heterocycles. The van der Waals surface area contributed by atoms with Crippen LogP contribution < -0.4 is 0 Å². The van der Waals surface area contributed by atoms with Crippen molar-refractivity contribution in [3.05, 3.63) is 55.8 Å². The third-order valence-corrected chi connectivity index (χ3v) is 3.20. The molecule has 0 aliphatic rings. The molecule has 0 radical (unpaired) electrons. The van der Waals surface area contributed by atoms with Crippen LogP contribution in [0.25, 0.3) is 10.8 Å². The predicted octanol–water partition coefficient (Wildman–Crippen LogP) is 5.66. The van der Waals surface area contributed by atoms with E-state index in [9.17, 15) is 0 Å². The molecule has 2 aromatic carbocycles. The molecule has 0 spiro atoms. The van der Waals surface area contributed by atoms with Gasteiger partial charge < -0.3 is 14.9 Å². The van der Waals surface area contributed by atoms with Crippen LogP contribution >= 0.6 is 0 Å². The van der Waals surface area contributed by atoms with Gasteiger partial charge in [-0.25, -0.2) is 0 Å². The Kier molecular flexibility index (Phi) is 8.26. The molecule has 0 saturated heterocycles. The minimum Gasteiger partial charge on any atom is -0.358 e. The molecule has 0 aliphatic carbocycles. The summed E-state index contributed by atoms with van der Waals surface area (Å²) in [4.78, 5) is 0. The molecule has 0 atom stereocenters. The van der Waals surface area contributed by atoms with Crippen LogP contribution in [0.1, 0.15) is 37.5 Å². The van der Waals surface area contributed by atoms with Gasteiger partial charge in [-0.1, -0.05) is 38.3 Å². The zero-order chi connectivity index (χ0) is 11.9. The molecule has 19 heavy (non-hydrogen) atoms. The molecule has 0 aliphatic heterocycles. The van der Waals surface area contributed by atoms with E-state index in [1.807, 2.05) is 0 Å². The summed E-state index contributed by atoms with van der Waals surface area (Å²) in [5, 5.41) is 2.83. The van der Waals surface area contributed by atoms with Crippen LogP contribution in [0.5, 0.6) is 0 Å². The molecule has 0 N–H and O–H groups in total. The molecule has 2 rings (SSSR count). The summed E-state index contributed by atoms with van der Waals surface area (Å²) >= 11 is 0. The van der Waals surface area contributed by atoms with Crippen molar-refractivity contribution in [3.8, 4) is 0 Å². The maximum absolute atomic E-state index is 2.34. The molecule has 0 unspecified atom stereocenters. The first kappa shape index (κ1) is 21.0. The summed E-state index contributed by atoms with van der Waals surface area (Å²) in [7, 11) is 0. The molecule has 106 valence electrons. The summed E-state index contributed by atoms with van der Waals surface area (Å²) in [6.07, 6.45) is 1.15. The first-order chi connectivity index (χ1) is 7.37. The van der Waals surface area contributed by atoms with E-state index in [1.165, 1.54) is 27.5 Å². The van der Waals surface area contributed by atoms with E-state index >= 15 is 0 Å². The molecule has 0 nitrogen and oxygen atoms in total. The van der Waals surface area contributed by atoms with E-state index < -0.39 is 0 Å². The Hall–Kier alpha value is -0.300. The summed E-state index contributed by atoms with van der Waals surface area (Å²) in [5.41, 5.74) is 4.64. The molecule has 0 fully saturated rings. The Labute approximate surface area is 138 Å². The maximum atomic E-state index is 2.34. The van der Waals surface area contributed by atoms with Crippen molar-refractivity contribution in [2.45, 2.75) is 41.0 Å². The van der Waals surface area contributed by atoms with E-state index in [4.69, 9.17) is 0 Å². The third-order valence-electron chi connectivity index (χ3n) is 3.20. The van der Waals surface area contributed by atoms with Gasteiger partial charge in [0.1, 0.15) is 0 Å². The van der Waals surface area contributed by atoms with Crippen LogP contribution in [0.3, 0.4) is 0 Å². The minimum absolute atomic E-state index is 0. The summed E-state index contributed by atoms with van der Waals surface area (Å²) in [5.74, 6) is 0. The minimum atomic E-state index is 0. The van der Waals surface area contributed by atoms with Crippen LogP contribution in [0.15, 0.2) is 24.3 Å². The first-order valence-corrected chi connectivity index (χ1v) is 6.02. The molecule has 1 heteroatoms. The smallest absolute Gasteiger partial charge is 0 e. The molecule has 0 heterocycles. The molecular weight excluding hydrogens is 395 g/mol. The van der Waals surface area contributed by atoms with Gasteiger partial charge in [-0.15, -0.1) is 34.5 Å². The van der Waals surface area contributed by atoms with Crippen molar-refractivity contribution in [2.24, 2.45) is 5.41 Å². The van der Waals surface area contributed by atoms with Gasteiger partial charge in [0.2, 0.25) is 0 Å². The first-order valence-electron chi connectivity index (χ1n) is 6.02. The Morgan fingerprint density at radius 1 is 1.00 bits per heavy atom. The standard InChI is InChI=1S/C16H21.2CH3.Hf/c1-11-8-13-6-7-14(10-16(3,4)5)15(13)9-12(11)2;;;/h6-9H,10H2,1-5H3;2*1H3;/q3*-1;. The SMILES string of the molecule is Cc1cc2cc[c-](CC(C)(C)C)c2cc1C.[CH3-].[CH3-].[Hf]. The second-order valence-corrected chi connectivity index (χ2v) is 6.12. The second-order valence-electron chi connectivity index (χ2n) is 6.12. The van der Waals surface area contributed by atoms with Crippen molar-refractivity contribution in [1.82, 2.24) is 0 Å². The number of fused-ring (bicyclic) bond motifs is 1. The second kappa shape index (κ2) is 7.47. The van der Waals surface area contributed by atoms with Gasteiger partial charge in [0.25, 0.3) is 0 Å². The van der Waals surface area contributed by atoms with Crippen LogP contribution in [-0.4, -0.2) is 0 Å². The Morgan fingerprint density at radius 2 is 1.53 bits per heavy atom. The largest absolute Gasteiger partial charge is 0.358 e. The van der Waals surface area contributed by atoms with E-state index in [0.29, 0.717) is 5.41 Å². The molecule has 2 aromatic rings. The Balaban J connectivity index is 0. The zero-order valence-electron chi connectivity index (χ0n) is 13.5. The number of benzene rings is 1. The van der Waals surface area contributed by atoms with Gasteiger partial charge in [0.15, 0.2) is 0 Å². The van der Waals surface area contributed by atoms with Crippen molar-refractivity contribution >= 4 is 10.8 Å². The van der Waals surface area contributed by atoms with Gasteiger partial charge in [-0.05, 0) is 19.3 Å². The molecular formula is C18H27Hf-3. The number of hydrogen-bond acceptors (Lipinski definition) is 0. The van der Waals surface area contributed by atoms with E-state index in [0.717, 1.165) is 6.42 Å². The Bertz CT molecular complexity index is 512. The molecule has 0 amide bonds. The van der Waals surface area contributed by atoms with E-state index in [1.54, 1.807) is 0 Å². The van der Waals surface area contributed by atoms with Crippen molar-refractivity contribution in [1.29, 1.82) is 0 Å². The van der Waals surface area contributed by atoms with Gasteiger partial charge in [0.05, 0.1) is 0 Å². The maximum Gasteiger partial charge on any atom is 0 e. The average molecular weight is 422 g/mol. The fourth-order valence-corrected chi connectivity index (χ4v) is 2.26. The van der Waals surface area contributed by atoms with Crippen molar-refractivity contribution < 1.29 is 25.8 Å². The summed E-state index contributed by atoms with van der Waals surface area (Å²) < 4.78 is 0. The topological polar surface area (TPSA) is 0 Å². The van der Waals surface area contributed by atoms with E-state index in [2.05, 4.69) is 58.9 Å². The van der Waals surface area contributed by atoms with Gasteiger partial charge in [-0.3, -0.25) is 0 Å². The van der Waals surface area contributed by atoms with Crippen molar-refractivity contribution in [2.75, 3.05) is 0 Å². The Morgan fingerprint density at radius 3 is 2.05 bits per heavy atom. The van der Waals surface area contributed by atoms with Gasteiger partial charge in [-0.2, -0.15) is 6.07 Å².